The van der Waals surface area contributed by atoms with E-state index in [1.165, 1.54) is 89.9 Å². The molecule has 0 saturated carbocycles. The standard InChI is InChI=1S/C25H50O4/c1-3-5-7-9-11-12-14-16-18-24(17-15-13-10-8-6-4-2)23-25(27)29-22-21-28-20-19-26/h24,26H,3-23H2,1-2H3. The molecule has 0 amide bonds. The molecule has 4 nitrogen and oxygen atoms in total. The summed E-state index contributed by atoms with van der Waals surface area (Å²) in [5.74, 6) is 0.375. The molecule has 0 spiro atoms. The van der Waals surface area contributed by atoms with Crippen LogP contribution in [-0.4, -0.2) is 37.5 Å². The van der Waals surface area contributed by atoms with E-state index in [0.29, 0.717) is 32.2 Å². The summed E-state index contributed by atoms with van der Waals surface area (Å²) in [5.41, 5.74) is 0. The maximum atomic E-state index is 12.2. The molecule has 0 aromatic carbocycles. The van der Waals surface area contributed by atoms with Gasteiger partial charge in [0.15, 0.2) is 0 Å². The van der Waals surface area contributed by atoms with Gasteiger partial charge in [-0.3, -0.25) is 4.79 Å². The molecular formula is C25H50O4. The van der Waals surface area contributed by atoms with Crippen LogP contribution < -0.4 is 0 Å². The van der Waals surface area contributed by atoms with Gasteiger partial charge in [-0.1, -0.05) is 104 Å². The highest BCUT2D eigenvalue weighted by atomic mass is 16.6. The van der Waals surface area contributed by atoms with Crippen molar-refractivity contribution >= 4 is 5.97 Å². The number of esters is 1. The quantitative estimate of drug-likeness (QED) is 0.147. The van der Waals surface area contributed by atoms with Gasteiger partial charge in [-0.25, -0.2) is 0 Å². The lowest BCUT2D eigenvalue weighted by Gasteiger charge is -2.16. The van der Waals surface area contributed by atoms with Crippen LogP contribution in [0.2, 0.25) is 0 Å². The number of aliphatic hydroxyl groups excluding tert-OH is 1. The normalized spacial score (nSPS) is 12.2. The minimum Gasteiger partial charge on any atom is -0.463 e. The molecule has 174 valence electrons. The van der Waals surface area contributed by atoms with Gasteiger partial charge >= 0.3 is 5.97 Å². The van der Waals surface area contributed by atoms with E-state index in [0.717, 1.165) is 12.8 Å². The van der Waals surface area contributed by atoms with Crippen LogP contribution in [0.3, 0.4) is 0 Å². The second kappa shape index (κ2) is 23.7. The van der Waals surface area contributed by atoms with E-state index in [4.69, 9.17) is 14.6 Å². The van der Waals surface area contributed by atoms with Crippen molar-refractivity contribution in [3.05, 3.63) is 0 Å². The summed E-state index contributed by atoms with van der Waals surface area (Å²) in [6, 6.07) is 0. The summed E-state index contributed by atoms with van der Waals surface area (Å²) >= 11 is 0. The molecule has 0 fully saturated rings. The van der Waals surface area contributed by atoms with E-state index in [2.05, 4.69) is 13.8 Å². The van der Waals surface area contributed by atoms with Crippen molar-refractivity contribution in [3.63, 3.8) is 0 Å². The van der Waals surface area contributed by atoms with E-state index in [9.17, 15) is 4.79 Å². The van der Waals surface area contributed by atoms with Crippen LogP contribution in [0.25, 0.3) is 0 Å². The lowest BCUT2D eigenvalue weighted by Crippen LogP contribution is -2.15. The van der Waals surface area contributed by atoms with E-state index in [1.807, 2.05) is 0 Å². The fourth-order valence-electron chi connectivity index (χ4n) is 3.80. The molecule has 29 heavy (non-hydrogen) atoms. The molecule has 0 bridgehead atoms. The minimum absolute atomic E-state index is 0.00683. The number of aliphatic hydroxyl groups is 1. The molecule has 1 atom stereocenters. The Labute approximate surface area is 181 Å². The van der Waals surface area contributed by atoms with Gasteiger partial charge in [0.2, 0.25) is 0 Å². The van der Waals surface area contributed by atoms with Gasteiger partial charge in [0, 0.05) is 6.42 Å². The average molecular weight is 415 g/mol. The van der Waals surface area contributed by atoms with Gasteiger partial charge in [-0.2, -0.15) is 0 Å². The molecule has 0 heterocycles. The first-order chi connectivity index (χ1) is 14.2. The Hall–Kier alpha value is -0.610. The Bertz CT molecular complexity index is 333. The number of rotatable bonds is 23. The minimum atomic E-state index is -0.0897. The first-order valence-electron chi connectivity index (χ1n) is 12.6. The molecule has 0 aromatic rings. The molecule has 0 aromatic heterocycles. The Morgan fingerprint density at radius 1 is 0.690 bits per heavy atom. The molecule has 0 saturated heterocycles. The maximum Gasteiger partial charge on any atom is 0.306 e. The summed E-state index contributed by atoms with van der Waals surface area (Å²) in [6.45, 7) is 5.48. The number of unbranched alkanes of at least 4 members (excludes halogenated alkanes) is 12. The zero-order valence-corrected chi connectivity index (χ0v) is 19.6. The first-order valence-corrected chi connectivity index (χ1v) is 12.6. The molecule has 1 unspecified atom stereocenters. The second-order valence-corrected chi connectivity index (χ2v) is 8.45. The van der Waals surface area contributed by atoms with Gasteiger partial charge in [0.1, 0.15) is 6.61 Å². The largest absolute Gasteiger partial charge is 0.463 e. The Morgan fingerprint density at radius 3 is 1.66 bits per heavy atom. The van der Waals surface area contributed by atoms with E-state index in [1.54, 1.807) is 0 Å². The molecule has 0 aliphatic rings. The predicted octanol–water partition coefficient (Wildman–Crippen LogP) is 6.83. The van der Waals surface area contributed by atoms with Crippen LogP contribution in [0.15, 0.2) is 0 Å². The van der Waals surface area contributed by atoms with Gasteiger partial charge in [-0.05, 0) is 18.8 Å². The Kier molecular flexibility index (Phi) is 23.2. The van der Waals surface area contributed by atoms with E-state index < -0.39 is 0 Å². The van der Waals surface area contributed by atoms with E-state index >= 15 is 0 Å². The van der Waals surface area contributed by atoms with Crippen molar-refractivity contribution in [3.8, 4) is 0 Å². The molecular weight excluding hydrogens is 364 g/mol. The first kappa shape index (κ1) is 28.4. The van der Waals surface area contributed by atoms with Gasteiger partial charge in [0.25, 0.3) is 0 Å². The van der Waals surface area contributed by atoms with Crippen molar-refractivity contribution in [2.45, 2.75) is 123 Å². The summed E-state index contributed by atoms with van der Waals surface area (Å²) in [7, 11) is 0. The second-order valence-electron chi connectivity index (χ2n) is 8.45. The van der Waals surface area contributed by atoms with Crippen molar-refractivity contribution in [2.75, 3.05) is 26.4 Å². The molecule has 0 radical (unpaired) electrons. The highest BCUT2D eigenvalue weighted by molar-refractivity contribution is 5.69. The number of carbonyl (C=O) groups is 1. The third kappa shape index (κ3) is 21.9. The third-order valence-electron chi connectivity index (χ3n) is 5.61. The summed E-state index contributed by atoms with van der Waals surface area (Å²) in [6.07, 6.45) is 21.3. The van der Waals surface area contributed by atoms with Gasteiger partial charge in [0.05, 0.1) is 19.8 Å². The SMILES string of the molecule is CCCCCCCCCCC(CCCCCCCC)CC(=O)OCCOCCO. The highest BCUT2D eigenvalue weighted by Crippen LogP contribution is 2.22. The number of carbonyl (C=O) groups excluding carboxylic acids is 1. The summed E-state index contributed by atoms with van der Waals surface area (Å²) < 4.78 is 10.5. The summed E-state index contributed by atoms with van der Waals surface area (Å²) in [4.78, 5) is 12.2. The van der Waals surface area contributed by atoms with Gasteiger partial charge in [-0.15, -0.1) is 0 Å². The van der Waals surface area contributed by atoms with Crippen molar-refractivity contribution in [2.24, 2.45) is 5.92 Å². The Morgan fingerprint density at radius 2 is 1.17 bits per heavy atom. The number of hydrogen-bond donors (Lipinski definition) is 1. The lowest BCUT2D eigenvalue weighted by molar-refractivity contribution is -0.146. The van der Waals surface area contributed by atoms with Gasteiger partial charge < -0.3 is 14.6 Å². The highest BCUT2D eigenvalue weighted by Gasteiger charge is 2.15. The monoisotopic (exact) mass is 414 g/mol. The summed E-state index contributed by atoms with van der Waals surface area (Å²) in [5, 5.41) is 8.69. The van der Waals surface area contributed by atoms with Crippen LogP contribution in [0.5, 0.6) is 0 Å². The molecule has 1 N–H and O–H groups in total. The number of ether oxygens (including phenoxy) is 2. The van der Waals surface area contributed by atoms with Crippen LogP contribution in [-0.2, 0) is 14.3 Å². The average Bonchev–Trinajstić information content (AvgIpc) is 2.72. The maximum absolute atomic E-state index is 12.2. The van der Waals surface area contributed by atoms with E-state index in [-0.39, 0.29) is 12.6 Å². The van der Waals surface area contributed by atoms with Crippen LogP contribution in [0.4, 0.5) is 0 Å². The van der Waals surface area contributed by atoms with Crippen LogP contribution in [0.1, 0.15) is 123 Å². The molecule has 0 aliphatic carbocycles. The van der Waals surface area contributed by atoms with Crippen molar-refractivity contribution < 1.29 is 19.4 Å². The smallest absolute Gasteiger partial charge is 0.306 e. The molecule has 0 rings (SSSR count). The fraction of sp³-hybridized carbons (Fsp3) is 0.960. The third-order valence-corrected chi connectivity index (χ3v) is 5.61. The van der Waals surface area contributed by atoms with Crippen molar-refractivity contribution in [1.29, 1.82) is 0 Å². The zero-order chi connectivity index (χ0) is 21.4. The predicted molar refractivity (Wildman–Crippen MR) is 122 cm³/mol. The zero-order valence-electron chi connectivity index (χ0n) is 19.6. The molecule has 4 heteroatoms. The van der Waals surface area contributed by atoms with Crippen molar-refractivity contribution in [1.82, 2.24) is 0 Å². The Balaban J connectivity index is 3.99. The van der Waals surface area contributed by atoms with Crippen LogP contribution >= 0.6 is 0 Å². The lowest BCUT2D eigenvalue weighted by atomic mass is 9.91. The fourth-order valence-corrected chi connectivity index (χ4v) is 3.80. The number of hydrogen-bond acceptors (Lipinski definition) is 4. The molecule has 0 aliphatic heterocycles. The topological polar surface area (TPSA) is 55.8 Å². The van der Waals surface area contributed by atoms with Crippen LogP contribution in [0, 0.1) is 5.92 Å².